The van der Waals surface area contributed by atoms with Crippen molar-refractivity contribution in [2.24, 2.45) is 5.84 Å². The Bertz CT molecular complexity index is 1030. The summed E-state index contributed by atoms with van der Waals surface area (Å²) in [6, 6.07) is 9.43. The van der Waals surface area contributed by atoms with Crippen LogP contribution in [0.4, 0.5) is 0 Å². The molecule has 4 rings (SSSR count). The fourth-order valence-corrected chi connectivity index (χ4v) is 5.39. The summed E-state index contributed by atoms with van der Waals surface area (Å²) in [5.41, 5.74) is 3.96. The van der Waals surface area contributed by atoms with E-state index in [-0.39, 0.29) is 17.2 Å². The minimum absolute atomic E-state index is 0.0590. The molecule has 1 aromatic carbocycles. The highest BCUT2D eigenvalue weighted by Gasteiger charge is 2.23. The molecular weight excluding hydrogens is 368 g/mol. The molecule has 3 aromatic rings. The fourth-order valence-electron chi connectivity index (χ4n) is 3.26. The molecule has 0 saturated heterocycles. The summed E-state index contributed by atoms with van der Waals surface area (Å²) in [6.07, 6.45) is 4.21. The van der Waals surface area contributed by atoms with Gasteiger partial charge in [-0.3, -0.25) is 19.6 Å². The van der Waals surface area contributed by atoms with Gasteiger partial charge in [0.1, 0.15) is 4.83 Å². The number of nitrogens with two attached hydrogens (primary N) is 1. The third kappa shape index (κ3) is 3.04. The summed E-state index contributed by atoms with van der Waals surface area (Å²) in [6.45, 7) is 0. The lowest BCUT2D eigenvalue weighted by Crippen LogP contribution is -2.32. The summed E-state index contributed by atoms with van der Waals surface area (Å²) in [4.78, 5) is 31.7. The van der Waals surface area contributed by atoms with Crippen LogP contribution in [0.15, 0.2) is 40.3 Å². The van der Waals surface area contributed by atoms with Gasteiger partial charge in [-0.2, -0.15) is 0 Å². The van der Waals surface area contributed by atoms with E-state index in [2.05, 4.69) is 5.43 Å². The number of aryl methyl sites for hydroxylation is 2. The molecule has 0 fully saturated rings. The van der Waals surface area contributed by atoms with Crippen molar-refractivity contribution in [3.8, 4) is 5.69 Å². The van der Waals surface area contributed by atoms with E-state index >= 15 is 0 Å². The van der Waals surface area contributed by atoms with E-state index in [4.69, 9.17) is 10.8 Å². The normalized spacial score (nSPS) is 13.6. The highest BCUT2D eigenvalue weighted by atomic mass is 32.2. The summed E-state index contributed by atoms with van der Waals surface area (Å²) < 4.78 is 1.61. The Balaban J connectivity index is 1.93. The third-order valence-corrected chi connectivity index (χ3v) is 6.59. The smallest absolute Gasteiger partial charge is 0.267 e. The van der Waals surface area contributed by atoms with Crippen molar-refractivity contribution in [1.29, 1.82) is 0 Å². The Morgan fingerprint density at radius 2 is 2.04 bits per heavy atom. The molecule has 1 amide bonds. The van der Waals surface area contributed by atoms with Gasteiger partial charge in [0, 0.05) is 4.88 Å². The van der Waals surface area contributed by atoms with Crippen LogP contribution in [0.5, 0.6) is 0 Å². The van der Waals surface area contributed by atoms with Crippen LogP contribution in [0, 0.1) is 0 Å². The molecule has 1 aliphatic rings. The van der Waals surface area contributed by atoms with Crippen molar-refractivity contribution in [3.05, 3.63) is 51.1 Å². The second-order valence-electron chi connectivity index (χ2n) is 6.12. The van der Waals surface area contributed by atoms with Crippen LogP contribution in [0.3, 0.4) is 0 Å². The summed E-state index contributed by atoms with van der Waals surface area (Å²) >= 11 is 2.82. The predicted octanol–water partition coefficient (Wildman–Crippen LogP) is 2.41. The van der Waals surface area contributed by atoms with Gasteiger partial charge in [0.15, 0.2) is 5.16 Å². The van der Waals surface area contributed by atoms with E-state index in [0.717, 1.165) is 47.2 Å². The molecule has 8 heteroatoms. The van der Waals surface area contributed by atoms with Gasteiger partial charge >= 0.3 is 0 Å². The zero-order valence-electron chi connectivity index (χ0n) is 14.0. The van der Waals surface area contributed by atoms with Crippen molar-refractivity contribution >= 4 is 39.2 Å². The summed E-state index contributed by atoms with van der Waals surface area (Å²) in [5.74, 6) is 4.97. The molecule has 3 N–H and O–H groups in total. The number of para-hydroxylation sites is 1. The first-order chi connectivity index (χ1) is 12.7. The highest BCUT2D eigenvalue weighted by molar-refractivity contribution is 7.99. The van der Waals surface area contributed by atoms with Crippen LogP contribution in [0.25, 0.3) is 15.9 Å². The van der Waals surface area contributed by atoms with Crippen LogP contribution in [-0.4, -0.2) is 21.2 Å². The maximum atomic E-state index is 13.4. The molecule has 0 bridgehead atoms. The van der Waals surface area contributed by atoms with Crippen molar-refractivity contribution < 1.29 is 4.79 Å². The van der Waals surface area contributed by atoms with Crippen molar-refractivity contribution in [2.75, 3.05) is 5.75 Å². The van der Waals surface area contributed by atoms with Gasteiger partial charge in [0.25, 0.3) is 5.56 Å². The lowest BCUT2D eigenvalue weighted by Gasteiger charge is -2.13. The average molecular weight is 387 g/mol. The number of carbonyl (C=O) groups excluding carboxylic acids is 1. The molecule has 0 atom stereocenters. The first-order valence-corrected chi connectivity index (χ1v) is 10.2. The average Bonchev–Trinajstić information content (AvgIpc) is 3.05. The van der Waals surface area contributed by atoms with Crippen LogP contribution in [-0.2, 0) is 17.6 Å². The van der Waals surface area contributed by atoms with Gasteiger partial charge in [-0.05, 0) is 43.4 Å². The minimum Gasteiger partial charge on any atom is -0.294 e. The second-order valence-corrected chi connectivity index (χ2v) is 8.14. The quantitative estimate of drug-likeness (QED) is 0.236. The Morgan fingerprint density at radius 3 is 2.81 bits per heavy atom. The number of thioether (sulfide) groups is 1. The molecular formula is C18H18N4O2S2. The van der Waals surface area contributed by atoms with Crippen molar-refractivity contribution in [1.82, 2.24) is 15.0 Å². The number of rotatable bonds is 4. The van der Waals surface area contributed by atoms with E-state index < -0.39 is 0 Å². The second kappa shape index (κ2) is 7.22. The van der Waals surface area contributed by atoms with E-state index in [9.17, 15) is 9.59 Å². The van der Waals surface area contributed by atoms with Gasteiger partial charge < -0.3 is 0 Å². The van der Waals surface area contributed by atoms with E-state index in [1.165, 1.54) is 16.6 Å². The Labute approximate surface area is 158 Å². The molecule has 0 aliphatic heterocycles. The lowest BCUT2D eigenvalue weighted by atomic mass is 9.97. The molecule has 0 unspecified atom stereocenters. The Kier molecular flexibility index (Phi) is 4.80. The first kappa shape index (κ1) is 17.3. The first-order valence-electron chi connectivity index (χ1n) is 8.44. The molecule has 134 valence electrons. The van der Waals surface area contributed by atoms with Gasteiger partial charge in [-0.1, -0.05) is 30.0 Å². The van der Waals surface area contributed by atoms with E-state index in [0.29, 0.717) is 5.16 Å². The number of aromatic nitrogens is 2. The Hall–Kier alpha value is -2.16. The number of nitrogens with zero attached hydrogens (tertiary/aromatic N) is 2. The summed E-state index contributed by atoms with van der Waals surface area (Å²) in [7, 11) is 0. The van der Waals surface area contributed by atoms with Gasteiger partial charge in [-0.25, -0.2) is 10.8 Å². The van der Waals surface area contributed by atoms with Crippen LogP contribution < -0.4 is 16.8 Å². The van der Waals surface area contributed by atoms with E-state index in [1.807, 2.05) is 30.3 Å². The molecule has 1 aliphatic carbocycles. The minimum atomic E-state index is -0.311. The number of hydrazine groups is 1. The molecule has 2 aromatic heterocycles. The van der Waals surface area contributed by atoms with Crippen LogP contribution in [0.2, 0.25) is 0 Å². The third-order valence-electron chi connectivity index (χ3n) is 4.47. The van der Waals surface area contributed by atoms with Crippen LogP contribution in [0.1, 0.15) is 23.3 Å². The standard InChI is InChI=1S/C18H18N4O2S2/c19-21-14(23)10-25-18-20-16-15(12-8-4-5-9-13(12)26-16)17(24)22(18)11-6-2-1-3-7-11/h1-3,6-7H,4-5,8-10,19H2,(H,21,23). The zero-order chi connectivity index (χ0) is 18.1. The van der Waals surface area contributed by atoms with Gasteiger partial charge in [0.2, 0.25) is 5.91 Å². The lowest BCUT2D eigenvalue weighted by molar-refractivity contribution is -0.118. The zero-order valence-corrected chi connectivity index (χ0v) is 15.7. The monoisotopic (exact) mass is 386 g/mol. The van der Waals surface area contributed by atoms with Gasteiger partial charge in [0.05, 0.1) is 16.8 Å². The number of benzene rings is 1. The number of nitrogens with one attached hydrogen (secondary N) is 1. The number of thiophene rings is 1. The molecule has 6 nitrogen and oxygen atoms in total. The molecule has 0 spiro atoms. The number of hydrogen-bond donors (Lipinski definition) is 2. The number of amides is 1. The maximum Gasteiger partial charge on any atom is 0.267 e. The number of carbonyl (C=O) groups is 1. The largest absolute Gasteiger partial charge is 0.294 e. The number of fused-ring (bicyclic) bond motifs is 3. The molecule has 0 saturated carbocycles. The molecule has 26 heavy (non-hydrogen) atoms. The van der Waals surface area contributed by atoms with Gasteiger partial charge in [-0.15, -0.1) is 11.3 Å². The van der Waals surface area contributed by atoms with E-state index in [1.54, 1.807) is 15.9 Å². The van der Waals surface area contributed by atoms with Crippen LogP contribution >= 0.6 is 23.1 Å². The highest BCUT2D eigenvalue weighted by Crippen LogP contribution is 2.35. The Morgan fingerprint density at radius 1 is 1.27 bits per heavy atom. The number of hydrogen-bond acceptors (Lipinski definition) is 6. The SMILES string of the molecule is NNC(=O)CSc1nc2sc3c(c2c(=O)n1-c1ccccc1)CCCC3. The fraction of sp³-hybridized carbons (Fsp3) is 0.278. The summed E-state index contributed by atoms with van der Waals surface area (Å²) in [5, 5.41) is 1.25. The topological polar surface area (TPSA) is 90.0 Å². The maximum absolute atomic E-state index is 13.4. The molecule has 2 heterocycles. The molecule has 0 radical (unpaired) electrons. The van der Waals surface area contributed by atoms with Crippen molar-refractivity contribution in [3.63, 3.8) is 0 Å². The predicted molar refractivity (Wildman–Crippen MR) is 105 cm³/mol. The van der Waals surface area contributed by atoms with Crippen molar-refractivity contribution in [2.45, 2.75) is 30.8 Å².